The van der Waals surface area contributed by atoms with Gasteiger partial charge in [-0.05, 0) is 38.9 Å². The van der Waals surface area contributed by atoms with Crippen molar-refractivity contribution in [1.82, 2.24) is 15.1 Å². The first-order valence-corrected chi connectivity index (χ1v) is 11.9. The fourth-order valence-corrected chi connectivity index (χ4v) is 4.17. The third kappa shape index (κ3) is 8.04. The summed E-state index contributed by atoms with van der Waals surface area (Å²) in [5.41, 5.74) is 1.11. The molecule has 7 nitrogen and oxygen atoms in total. The molecule has 2 aliphatic heterocycles. The molecule has 8 heteroatoms. The lowest BCUT2D eigenvalue weighted by Crippen LogP contribution is -2.53. The maximum absolute atomic E-state index is 6.11. The van der Waals surface area contributed by atoms with Gasteiger partial charge in [0.15, 0.2) is 5.96 Å². The van der Waals surface area contributed by atoms with Crippen molar-refractivity contribution < 1.29 is 14.2 Å². The first-order chi connectivity index (χ1) is 15.2. The second kappa shape index (κ2) is 14.9. The van der Waals surface area contributed by atoms with Crippen molar-refractivity contribution in [3.8, 4) is 5.75 Å². The molecule has 0 spiro atoms. The highest BCUT2D eigenvalue weighted by molar-refractivity contribution is 14.0. The van der Waals surface area contributed by atoms with E-state index in [0.717, 1.165) is 76.0 Å². The molecule has 0 aliphatic carbocycles. The normalized spacial score (nSPS) is 21.5. The SMILES string of the molecule is CCNC(=NCc1ccccc1OCCN(CC)CC)N1CCOC(C2CCCO2)C1.I. The topological polar surface area (TPSA) is 58.6 Å². The molecule has 182 valence electrons. The fourth-order valence-electron chi connectivity index (χ4n) is 4.17. The Labute approximate surface area is 210 Å². The van der Waals surface area contributed by atoms with Gasteiger partial charge in [0.25, 0.3) is 0 Å². The van der Waals surface area contributed by atoms with Crippen LogP contribution in [0, 0.1) is 0 Å². The number of aliphatic imine (C=N–C) groups is 1. The van der Waals surface area contributed by atoms with Crippen LogP contribution in [0.4, 0.5) is 0 Å². The Balaban J connectivity index is 0.00000363. The van der Waals surface area contributed by atoms with E-state index in [4.69, 9.17) is 19.2 Å². The molecular weight excluding hydrogens is 519 g/mol. The summed E-state index contributed by atoms with van der Waals surface area (Å²) in [4.78, 5) is 9.63. The van der Waals surface area contributed by atoms with E-state index in [1.165, 1.54) is 0 Å². The van der Waals surface area contributed by atoms with Crippen LogP contribution in [-0.2, 0) is 16.0 Å². The van der Waals surface area contributed by atoms with Gasteiger partial charge in [0.05, 0.1) is 19.3 Å². The van der Waals surface area contributed by atoms with E-state index in [1.54, 1.807) is 0 Å². The summed E-state index contributed by atoms with van der Waals surface area (Å²) in [6.45, 7) is 14.8. The number of nitrogens with one attached hydrogen (secondary N) is 1. The number of para-hydroxylation sites is 1. The van der Waals surface area contributed by atoms with Crippen LogP contribution in [0.1, 0.15) is 39.2 Å². The Bertz CT molecular complexity index is 681. The quantitative estimate of drug-likeness (QED) is 0.269. The molecule has 2 saturated heterocycles. The number of hydrogen-bond acceptors (Lipinski definition) is 5. The van der Waals surface area contributed by atoms with Crippen molar-refractivity contribution in [3.05, 3.63) is 29.8 Å². The molecule has 2 fully saturated rings. The van der Waals surface area contributed by atoms with Gasteiger partial charge in [0.2, 0.25) is 0 Å². The van der Waals surface area contributed by atoms with E-state index < -0.39 is 0 Å². The van der Waals surface area contributed by atoms with Crippen LogP contribution < -0.4 is 10.1 Å². The summed E-state index contributed by atoms with van der Waals surface area (Å²) < 4.78 is 18.0. The second-order valence-electron chi connectivity index (χ2n) is 8.06. The zero-order valence-electron chi connectivity index (χ0n) is 19.9. The zero-order valence-corrected chi connectivity index (χ0v) is 22.3. The first-order valence-electron chi connectivity index (χ1n) is 11.9. The van der Waals surface area contributed by atoms with E-state index in [9.17, 15) is 0 Å². The first kappa shape index (κ1) is 27.1. The molecule has 3 rings (SSSR count). The zero-order chi connectivity index (χ0) is 21.9. The average molecular weight is 561 g/mol. The maximum Gasteiger partial charge on any atom is 0.194 e. The minimum Gasteiger partial charge on any atom is -0.492 e. The van der Waals surface area contributed by atoms with Crippen molar-refractivity contribution >= 4 is 29.9 Å². The van der Waals surface area contributed by atoms with Crippen molar-refractivity contribution in [1.29, 1.82) is 0 Å². The maximum atomic E-state index is 6.11. The van der Waals surface area contributed by atoms with Gasteiger partial charge in [-0.1, -0.05) is 32.0 Å². The van der Waals surface area contributed by atoms with Crippen molar-refractivity contribution in [2.24, 2.45) is 4.99 Å². The highest BCUT2D eigenvalue weighted by atomic mass is 127. The second-order valence-corrected chi connectivity index (χ2v) is 8.06. The van der Waals surface area contributed by atoms with Gasteiger partial charge >= 0.3 is 0 Å². The molecule has 1 aromatic rings. The van der Waals surface area contributed by atoms with Gasteiger partial charge in [-0.3, -0.25) is 0 Å². The average Bonchev–Trinajstić information content (AvgIpc) is 3.35. The number of likely N-dealkylation sites (N-methyl/N-ethyl adjacent to an activating group) is 1. The Morgan fingerprint density at radius 3 is 2.66 bits per heavy atom. The fraction of sp³-hybridized carbons (Fsp3) is 0.708. The number of guanidine groups is 1. The molecule has 2 heterocycles. The predicted molar refractivity (Wildman–Crippen MR) is 140 cm³/mol. The highest BCUT2D eigenvalue weighted by Crippen LogP contribution is 2.22. The largest absolute Gasteiger partial charge is 0.492 e. The van der Waals surface area contributed by atoms with Crippen molar-refractivity contribution in [2.75, 3.05) is 59.1 Å². The lowest BCUT2D eigenvalue weighted by Gasteiger charge is -2.37. The van der Waals surface area contributed by atoms with Gasteiger partial charge in [0, 0.05) is 38.3 Å². The number of ether oxygens (including phenoxy) is 3. The van der Waals surface area contributed by atoms with Crippen LogP contribution in [0.3, 0.4) is 0 Å². The van der Waals surface area contributed by atoms with E-state index in [0.29, 0.717) is 19.8 Å². The van der Waals surface area contributed by atoms with Crippen molar-refractivity contribution in [2.45, 2.75) is 52.4 Å². The Morgan fingerprint density at radius 2 is 1.94 bits per heavy atom. The third-order valence-corrected chi connectivity index (χ3v) is 6.04. The van der Waals surface area contributed by atoms with Gasteiger partial charge < -0.3 is 29.3 Å². The van der Waals surface area contributed by atoms with Gasteiger partial charge in [-0.15, -0.1) is 24.0 Å². The van der Waals surface area contributed by atoms with Crippen LogP contribution in [-0.4, -0.2) is 87.1 Å². The molecule has 0 bridgehead atoms. The standard InChI is InChI=1S/C24H40N4O3.HI/c1-4-25-24(28-14-17-31-23(19-28)22-12-9-15-29-22)26-18-20-10-7-8-11-21(20)30-16-13-27(5-2)6-3;/h7-8,10-11,22-23H,4-6,9,12-19H2,1-3H3,(H,25,26);1H. The minimum absolute atomic E-state index is 0. The van der Waals surface area contributed by atoms with E-state index in [2.05, 4.69) is 48.0 Å². The molecule has 0 aromatic heterocycles. The molecule has 0 amide bonds. The summed E-state index contributed by atoms with van der Waals surface area (Å²) >= 11 is 0. The van der Waals surface area contributed by atoms with Crippen LogP contribution >= 0.6 is 24.0 Å². The molecule has 0 radical (unpaired) electrons. The van der Waals surface area contributed by atoms with Gasteiger partial charge in [0.1, 0.15) is 18.5 Å². The molecule has 32 heavy (non-hydrogen) atoms. The molecule has 2 aliphatic rings. The molecule has 1 N–H and O–H groups in total. The summed E-state index contributed by atoms with van der Waals surface area (Å²) in [7, 11) is 0. The van der Waals surface area contributed by atoms with Crippen molar-refractivity contribution in [3.63, 3.8) is 0 Å². The molecule has 0 saturated carbocycles. The number of benzene rings is 1. The predicted octanol–water partition coefficient (Wildman–Crippen LogP) is 3.37. The summed E-state index contributed by atoms with van der Waals surface area (Å²) in [5, 5.41) is 3.46. The Morgan fingerprint density at radius 1 is 1.16 bits per heavy atom. The monoisotopic (exact) mass is 560 g/mol. The molecular formula is C24H41IN4O3. The van der Waals surface area contributed by atoms with E-state index in [1.807, 2.05) is 12.1 Å². The van der Waals surface area contributed by atoms with E-state index >= 15 is 0 Å². The molecule has 2 unspecified atom stereocenters. The Hall–Kier alpha value is -1.10. The van der Waals surface area contributed by atoms with E-state index in [-0.39, 0.29) is 36.2 Å². The summed E-state index contributed by atoms with van der Waals surface area (Å²) in [5.74, 6) is 1.86. The Kier molecular flexibility index (Phi) is 12.7. The molecule has 2 atom stereocenters. The van der Waals surface area contributed by atoms with Crippen LogP contribution in [0.2, 0.25) is 0 Å². The van der Waals surface area contributed by atoms with Gasteiger partial charge in [-0.25, -0.2) is 4.99 Å². The smallest absolute Gasteiger partial charge is 0.194 e. The van der Waals surface area contributed by atoms with Gasteiger partial charge in [-0.2, -0.15) is 0 Å². The lowest BCUT2D eigenvalue weighted by atomic mass is 10.1. The van der Waals surface area contributed by atoms with Crippen LogP contribution in [0.15, 0.2) is 29.3 Å². The van der Waals surface area contributed by atoms with Crippen LogP contribution in [0.5, 0.6) is 5.75 Å². The lowest BCUT2D eigenvalue weighted by molar-refractivity contribution is -0.0817. The number of hydrogen-bond donors (Lipinski definition) is 1. The summed E-state index contributed by atoms with van der Waals surface area (Å²) in [6.07, 6.45) is 2.55. The minimum atomic E-state index is 0. The third-order valence-electron chi connectivity index (χ3n) is 6.04. The number of halogens is 1. The number of rotatable bonds is 10. The number of nitrogens with zero attached hydrogens (tertiary/aromatic N) is 3. The summed E-state index contributed by atoms with van der Waals surface area (Å²) in [6, 6.07) is 8.23. The number of morpholine rings is 1. The van der Waals surface area contributed by atoms with Crippen LogP contribution in [0.25, 0.3) is 0 Å². The highest BCUT2D eigenvalue weighted by Gasteiger charge is 2.32. The molecule has 1 aromatic carbocycles.